The van der Waals surface area contributed by atoms with Crippen LogP contribution in [0.2, 0.25) is 0 Å². The zero-order chi connectivity index (χ0) is 13.2. The number of allylic oxidation sites excluding steroid dienone is 2. The molecule has 1 saturated carbocycles. The van der Waals surface area contributed by atoms with Gasteiger partial charge in [0.1, 0.15) is 12.2 Å². The Hall–Kier alpha value is -1.65. The van der Waals surface area contributed by atoms with E-state index in [1.165, 1.54) is 12.8 Å². The van der Waals surface area contributed by atoms with Gasteiger partial charge in [0, 0.05) is 26.4 Å². The van der Waals surface area contributed by atoms with E-state index >= 15 is 0 Å². The van der Waals surface area contributed by atoms with Crippen LogP contribution in [0, 0.1) is 17.8 Å². The van der Waals surface area contributed by atoms with Crippen molar-refractivity contribution in [2.24, 2.45) is 24.8 Å². The third-order valence-electron chi connectivity index (χ3n) is 4.34. The summed E-state index contributed by atoms with van der Waals surface area (Å²) in [7, 11) is 1.87. The van der Waals surface area contributed by atoms with Gasteiger partial charge in [-0.2, -0.15) is 5.10 Å². The van der Waals surface area contributed by atoms with E-state index in [2.05, 4.69) is 27.6 Å². The Balaban J connectivity index is 1.40. The molecule has 0 aliphatic heterocycles. The average molecular weight is 260 g/mol. The first-order chi connectivity index (χ1) is 9.22. The standard InChI is InChI=1S/C14H20N4O/c1-18-13(16-9-17-18)4-5-15-14(19)8-12-7-10-2-3-11(12)6-10/h2-3,9-12H,4-8H2,1H3,(H,15,19). The molecule has 1 N–H and O–H groups in total. The predicted octanol–water partition coefficient (Wildman–Crippen LogP) is 1.08. The fraction of sp³-hybridized carbons (Fsp3) is 0.643. The molecule has 0 spiro atoms. The second-order valence-corrected chi connectivity index (χ2v) is 5.64. The Morgan fingerprint density at radius 3 is 3.00 bits per heavy atom. The van der Waals surface area contributed by atoms with Crippen molar-refractivity contribution < 1.29 is 4.79 Å². The Kier molecular flexibility index (Phi) is 3.36. The van der Waals surface area contributed by atoms with Crippen molar-refractivity contribution in [3.63, 3.8) is 0 Å². The molecule has 3 atom stereocenters. The van der Waals surface area contributed by atoms with Gasteiger partial charge in [0.2, 0.25) is 5.91 Å². The van der Waals surface area contributed by atoms with Crippen molar-refractivity contribution in [2.75, 3.05) is 6.54 Å². The van der Waals surface area contributed by atoms with Crippen LogP contribution in [0.4, 0.5) is 0 Å². The molecule has 0 aromatic carbocycles. The van der Waals surface area contributed by atoms with Gasteiger partial charge in [-0.1, -0.05) is 12.2 Å². The molecule has 5 heteroatoms. The van der Waals surface area contributed by atoms with Crippen LogP contribution < -0.4 is 5.32 Å². The molecule has 19 heavy (non-hydrogen) atoms. The van der Waals surface area contributed by atoms with Gasteiger partial charge in [-0.3, -0.25) is 9.48 Å². The van der Waals surface area contributed by atoms with Crippen LogP contribution in [0.3, 0.4) is 0 Å². The van der Waals surface area contributed by atoms with E-state index in [1.54, 1.807) is 11.0 Å². The molecular weight excluding hydrogens is 240 g/mol. The summed E-state index contributed by atoms with van der Waals surface area (Å²) in [6, 6.07) is 0. The highest BCUT2D eigenvalue weighted by molar-refractivity contribution is 5.76. The Morgan fingerprint density at radius 2 is 2.37 bits per heavy atom. The maximum Gasteiger partial charge on any atom is 0.220 e. The zero-order valence-corrected chi connectivity index (χ0v) is 11.2. The Labute approximate surface area is 113 Å². The third kappa shape index (κ3) is 2.69. The SMILES string of the molecule is Cn1ncnc1CCNC(=O)CC1CC2C=CC1C2. The molecule has 1 fully saturated rings. The molecule has 102 valence electrons. The normalized spacial score (nSPS) is 27.9. The van der Waals surface area contributed by atoms with Crippen LogP contribution in [0.1, 0.15) is 25.1 Å². The van der Waals surface area contributed by atoms with Crippen molar-refractivity contribution in [2.45, 2.75) is 25.7 Å². The van der Waals surface area contributed by atoms with E-state index in [9.17, 15) is 4.79 Å². The second-order valence-electron chi connectivity index (χ2n) is 5.64. The molecule has 1 aromatic heterocycles. The lowest BCUT2D eigenvalue weighted by Gasteiger charge is -2.17. The van der Waals surface area contributed by atoms with Gasteiger partial charge in [0.05, 0.1) is 0 Å². The average Bonchev–Trinajstić information content (AvgIpc) is 3.07. The van der Waals surface area contributed by atoms with E-state index in [1.807, 2.05) is 7.05 Å². The van der Waals surface area contributed by atoms with Gasteiger partial charge in [0.25, 0.3) is 0 Å². The molecule has 1 heterocycles. The fourth-order valence-electron chi connectivity index (χ4n) is 3.30. The molecule has 5 nitrogen and oxygen atoms in total. The molecule has 2 aliphatic carbocycles. The quantitative estimate of drug-likeness (QED) is 0.806. The summed E-state index contributed by atoms with van der Waals surface area (Å²) in [5.41, 5.74) is 0. The van der Waals surface area contributed by atoms with Crippen molar-refractivity contribution >= 4 is 5.91 Å². The number of amides is 1. The van der Waals surface area contributed by atoms with Crippen LogP contribution in [-0.4, -0.2) is 27.2 Å². The number of rotatable bonds is 5. The van der Waals surface area contributed by atoms with Crippen molar-refractivity contribution in [3.05, 3.63) is 24.3 Å². The number of fused-ring (bicyclic) bond motifs is 2. The zero-order valence-electron chi connectivity index (χ0n) is 11.2. The minimum atomic E-state index is 0.174. The minimum Gasteiger partial charge on any atom is -0.356 e. The van der Waals surface area contributed by atoms with Crippen molar-refractivity contribution in [1.82, 2.24) is 20.1 Å². The molecule has 2 aliphatic rings. The minimum absolute atomic E-state index is 0.174. The summed E-state index contributed by atoms with van der Waals surface area (Å²) in [4.78, 5) is 16.0. The van der Waals surface area contributed by atoms with Crippen molar-refractivity contribution in [1.29, 1.82) is 0 Å². The molecule has 2 bridgehead atoms. The maximum atomic E-state index is 11.9. The number of nitrogens with zero attached hydrogens (tertiary/aromatic N) is 3. The summed E-state index contributed by atoms with van der Waals surface area (Å²) in [6.45, 7) is 0.641. The Bertz CT molecular complexity index is 493. The molecule has 0 saturated heterocycles. The fourth-order valence-corrected chi connectivity index (χ4v) is 3.30. The van der Waals surface area contributed by atoms with Crippen LogP contribution in [-0.2, 0) is 18.3 Å². The smallest absolute Gasteiger partial charge is 0.220 e. The third-order valence-corrected chi connectivity index (χ3v) is 4.34. The van der Waals surface area contributed by atoms with E-state index in [4.69, 9.17) is 0 Å². The molecular formula is C14H20N4O. The lowest BCUT2D eigenvalue weighted by Crippen LogP contribution is -2.29. The number of carbonyl (C=O) groups excluding carboxylic acids is 1. The first kappa shape index (κ1) is 12.4. The highest BCUT2D eigenvalue weighted by atomic mass is 16.1. The van der Waals surface area contributed by atoms with Gasteiger partial charge in [-0.15, -0.1) is 0 Å². The van der Waals surface area contributed by atoms with Crippen LogP contribution in [0.25, 0.3) is 0 Å². The highest BCUT2D eigenvalue weighted by Gasteiger charge is 2.36. The van der Waals surface area contributed by atoms with Gasteiger partial charge in [-0.05, 0) is 30.6 Å². The highest BCUT2D eigenvalue weighted by Crippen LogP contribution is 2.44. The summed E-state index contributed by atoms with van der Waals surface area (Å²) in [5.74, 6) is 3.03. The van der Waals surface area contributed by atoms with E-state index in [0.717, 1.165) is 18.2 Å². The lowest BCUT2D eigenvalue weighted by atomic mass is 9.90. The molecule has 3 unspecified atom stereocenters. The molecule has 3 rings (SSSR count). The van der Waals surface area contributed by atoms with Gasteiger partial charge >= 0.3 is 0 Å². The number of nitrogens with one attached hydrogen (secondary N) is 1. The van der Waals surface area contributed by atoms with Crippen LogP contribution in [0.5, 0.6) is 0 Å². The van der Waals surface area contributed by atoms with E-state index in [0.29, 0.717) is 24.8 Å². The second kappa shape index (κ2) is 5.15. The number of aryl methyl sites for hydroxylation is 1. The van der Waals surface area contributed by atoms with Gasteiger partial charge in [0.15, 0.2) is 0 Å². The van der Waals surface area contributed by atoms with E-state index < -0.39 is 0 Å². The topological polar surface area (TPSA) is 59.8 Å². The van der Waals surface area contributed by atoms with Gasteiger partial charge < -0.3 is 5.32 Å². The van der Waals surface area contributed by atoms with Crippen LogP contribution in [0.15, 0.2) is 18.5 Å². The predicted molar refractivity (Wildman–Crippen MR) is 71.2 cm³/mol. The summed E-state index contributed by atoms with van der Waals surface area (Å²) < 4.78 is 1.74. The van der Waals surface area contributed by atoms with E-state index in [-0.39, 0.29) is 5.91 Å². The summed E-state index contributed by atoms with van der Waals surface area (Å²) in [5, 5.41) is 7.00. The first-order valence-corrected chi connectivity index (χ1v) is 7.00. The monoisotopic (exact) mass is 260 g/mol. The number of hydrogen-bond donors (Lipinski definition) is 1. The first-order valence-electron chi connectivity index (χ1n) is 7.00. The maximum absolute atomic E-state index is 11.9. The van der Waals surface area contributed by atoms with Crippen molar-refractivity contribution in [3.8, 4) is 0 Å². The molecule has 0 radical (unpaired) electrons. The van der Waals surface area contributed by atoms with Gasteiger partial charge in [-0.25, -0.2) is 4.98 Å². The van der Waals surface area contributed by atoms with Crippen LogP contribution >= 0.6 is 0 Å². The number of carbonyl (C=O) groups is 1. The summed E-state index contributed by atoms with van der Waals surface area (Å²) in [6.07, 6.45) is 10.0. The lowest BCUT2D eigenvalue weighted by molar-refractivity contribution is -0.122. The number of aromatic nitrogens is 3. The molecule has 1 amide bonds. The number of hydrogen-bond acceptors (Lipinski definition) is 3. The largest absolute Gasteiger partial charge is 0.356 e. The molecule has 1 aromatic rings. The Morgan fingerprint density at radius 1 is 1.47 bits per heavy atom. The summed E-state index contributed by atoms with van der Waals surface area (Å²) >= 11 is 0.